The molecule has 0 bridgehead atoms. The van der Waals surface area contributed by atoms with Gasteiger partial charge in [0.15, 0.2) is 0 Å². The zero-order chi connectivity index (χ0) is 26.7. The van der Waals surface area contributed by atoms with Gasteiger partial charge in [-0.3, -0.25) is 14.0 Å². The number of anilines is 2. The molecule has 2 aromatic carbocycles. The molecule has 0 aliphatic rings. The summed E-state index contributed by atoms with van der Waals surface area (Å²) in [6.45, 7) is 2.07. The van der Waals surface area contributed by atoms with Gasteiger partial charge in [0.05, 0.1) is 11.6 Å². The molecule has 0 unspecified atom stereocenters. The maximum atomic E-state index is 13.4. The molecule has 0 amide bonds. The molecule has 0 saturated carbocycles. The summed E-state index contributed by atoms with van der Waals surface area (Å²) in [5.41, 5.74) is 12.5. The van der Waals surface area contributed by atoms with E-state index in [2.05, 4.69) is 28.1 Å². The molecule has 3 heterocycles. The van der Waals surface area contributed by atoms with Crippen molar-refractivity contribution in [2.75, 3.05) is 11.5 Å². The van der Waals surface area contributed by atoms with Crippen molar-refractivity contribution in [3.8, 4) is 16.8 Å². The second kappa shape index (κ2) is 10.1. The maximum Gasteiger partial charge on any atom is 0.423 e. The lowest BCUT2D eigenvalue weighted by Gasteiger charge is -2.15. The number of nitrogens with zero attached hydrogens (tertiary/aromatic N) is 5. The van der Waals surface area contributed by atoms with Gasteiger partial charge in [0.2, 0.25) is 0 Å². The van der Waals surface area contributed by atoms with E-state index in [1.807, 2.05) is 66.3 Å². The lowest BCUT2D eigenvalue weighted by molar-refractivity contribution is -0.136. The Morgan fingerprint density at radius 1 is 0.973 bits per heavy atom. The Morgan fingerprint density at radius 3 is 2.19 bits per heavy atom. The van der Waals surface area contributed by atoms with E-state index in [4.69, 9.17) is 11.5 Å². The fourth-order valence-corrected chi connectivity index (χ4v) is 4.04. The molecule has 4 N–H and O–H groups in total. The van der Waals surface area contributed by atoms with Gasteiger partial charge in [0, 0.05) is 30.2 Å². The Kier molecular flexibility index (Phi) is 6.96. The second-order valence-electron chi connectivity index (χ2n) is 8.15. The molecule has 0 saturated heterocycles. The molecule has 11 heteroatoms. The van der Waals surface area contributed by atoms with Crippen LogP contribution in [-0.2, 0) is 19.6 Å². The van der Waals surface area contributed by atoms with Crippen molar-refractivity contribution < 1.29 is 13.2 Å². The van der Waals surface area contributed by atoms with E-state index < -0.39 is 23.4 Å². The minimum atomic E-state index is -4.60. The molecule has 5 rings (SSSR count). The topological polar surface area (TPSA) is 118 Å². The summed E-state index contributed by atoms with van der Waals surface area (Å²) in [6, 6.07) is 17.9. The Balaban J connectivity index is 0.000000225. The number of alkyl halides is 3. The molecule has 0 radical (unpaired) electrons. The first-order valence-electron chi connectivity index (χ1n) is 11.3. The fourth-order valence-electron chi connectivity index (χ4n) is 4.04. The molecule has 0 aliphatic heterocycles. The summed E-state index contributed by atoms with van der Waals surface area (Å²) >= 11 is 0. The van der Waals surface area contributed by atoms with Crippen LogP contribution in [0.3, 0.4) is 0 Å². The molecular formula is C26H24F3N7O. The van der Waals surface area contributed by atoms with Crippen molar-refractivity contribution in [2.45, 2.75) is 19.5 Å². The van der Waals surface area contributed by atoms with E-state index >= 15 is 0 Å². The molecule has 37 heavy (non-hydrogen) atoms. The van der Waals surface area contributed by atoms with Crippen molar-refractivity contribution in [2.24, 2.45) is 7.05 Å². The highest BCUT2D eigenvalue weighted by Crippen LogP contribution is 2.35. The maximum absolute atomic E-state index is 13.4. The van der Waals surface area contributed by atoms with E-state index in [1.54, 1.807) is 10.9 Å². The number of aryl methyl sites for hydroxylation is 2. The van der Waals surface area contributed by atoms with Crippen molar-refractivity contribution >= 4 is 22.4 Å². The first kappa shape index (κ1) is 25.4. The van der Waals surface area contributed by atoms with E-state index in [1.165, 1.54) is 0 Å². The largest absolute Gasteiger partial charge is 0.423 e. The number of benzene rings is 2. The third-order valence-corrected chi connectivity index (χ3v) is 5.70. The first-order chi connectivity index (χ1) is 17.6. The van der Waals surface area contributed by atoms with E-state index in [0.29, 0.717) is 0 Å². The van der Waals surface area contributed by atoms with Gasteiger partial charge in [-0.1, -0.05) is 43.3 Å². The van der Waals surface area contributed by atoms with Gasteiger partial charge in [-0.2, -0.15) is 18.3 Å². The van der Waals surface area contributed by atoms with Crippen LogP contribution in [0.25, 0.3) is 27.6 Å². The number of rotatable bonds is 3. The number of fused-ring (bicyclic) bond motifs is 1. The molecule has 0 aliphatic carbocycles. The molecule has 8 nitrogen and oxygen atoms in total. The Hall–Kier alpha value is -4.67. The summed E-state index contributed by atoms with van der Waals surface area (Å²) in [7, 11) is 1.88. The highest BCUT2D eigenvalue weighted by Gasteiger charge is 2.36. The summed E-state index contributed by atoms with van der Waals surface area (Å²) in [4.78, 5) is 19.8. The Bertz CT molecular complexity index is 1590. The Labute approximate surface area is 210 Å². The summed E-state index contributed by atoms with van der Waals surface area (Å²) in [5, 5.41) is 5.95. The quantitative estimate of drug-likeness (QED) is 0.368. The number of halogens is 3. The van der Waals surface area contributed by atoms with Crippen molar-refractivity contribution in [3.63, 3.8) is 0 Å². The number of hydrogen-bond donors (Lipinski definition) is 2. The lowest BCUT2D eigenvalue weighted by atomic mass is 10.0. The van der Waals surface area contributed by atoms with Crippen LogP contribution in [0.2, 0.25) is 0 Å². The predicted molar refractivity (Wildman–Crippen MR) is 137 cm³/mol. The van der Waals surface area contributed by atoms with Crippen LogP contribution in [0.4, 0.5) is 24.8 Å². The summed E-state index contributed by atoms with van der Waals surface area (Å²) < 4.78 is 39.8. The van der Waals surface area contributed by atoms with Crippen molar-refractivity contribution in [3.05, 3.63) is 94.9 Å². The van der Waals surface area contributed by atoms with Crippen molar-refractivity contribution in [1.82, 2.24) is 24.3 Å². The van der Waals surface area contributed by atoms with Crippen LogP contribution in [0, 0.1) is 0 Å². The van der Waals surface area contributed by atoms with E-state index in [0.717, 1.165) is 46.0 Å². The minimum absolute atomic E-state index is 0.0139. The van der Waals surface area contributed by atoms with E-state index in [9.17, 15) is 18.0 Å². The third kappa shape index (κ3) is 5.15. The van der Waals surface area contributed by atoms with Gasteiger partial charge in [-0.25, -0.2) is 9.97 Å². The van der Waals surface area contributed by atoms with Crippen molar-refractivity contribution in [1.29, 1.82) is 0 Å². The van der Waals surface area contributed by atoms with Crippen LogP contribution in [-0.4, -0.2) is 24.3 Å². The van der Waals surface area contributed by atoms with Crippen LogP contribution in [0.5, 0.6) is 0 Å². The normalized spacial score (nSPS) is 11.3. The Morgan fingerprint density at radius 2 is 1.65 bits per heavy atom. The van der Waals surface area contributed by atoms with E-state index in [-0.39, 0.29) is 5.56 Å². The van der Waals surface area contributed by atoms with Crippen LogP contribution >= 0.6 is 0 Å². The molecule has 0 spiro atoms. The van der Waals surface area contributed by atoms with Gasteiger partial charge in [0.1, 0.15) is 23.5 Å². The predicted octanol–water partition coefficient (Wildman–Crippen LogP) is 4.61. The highest BCUT2D eigenvalue weighted by molar-refractivity contribution is 5.96. The third-order valence-electron chi connectivity index (χ3n) is 5.70. The van der Waals surface area contributed by atoms with Crippen LogP contribution in [0.1, 0.15) is 18.2 Å². The SMILES string of the molecule is CCc1cc2cccc(-c3cnn(C)c3)c2c(=O)n1-c1ccccc1.Nc1ncnc(N)c1C(F)(F)F. The number of nitrogens with two attached hydrogens (primary N) is 2. The molecule has 0 atom stereocenters. The standard InChI is InChI=1S/C21H19N3O.C5H5F3N4/c1-3-17-12-15-8-7-11-19(16-13-22-23(2)14-16)20(15)21(25)24(17)18-9-5-4-6-10-18;6-5(7,8)2-3(9)11-1-12-4(2)10/h4-14H,3H2,1-2H3;1H,(H4,9,10,11,12). The first-order valence-corrected chi connectivity index (χ1v) is 11.3. The number of nitrogen functional groups attached to an aromatic ring is 2. The minimum Gasteiger partial charge on any atom is -0.383 e. The average molecular weight is 508 g/mol. The van der Waals surface area contributed by atoms with Gasteiger partial charge in [-0.05, 0) is 35.6 Å². The lowest BCUT2D eigenvalue weighted by Crippen LogP contribution is -2.22. The zero-order valence-electron chi connectivity index (χ0n) is 20.1. The zero-order valence-corrected chi connectivity index (χ0v) is 20.1. The van der Waals surface area contributed by atoms with Crippen LogP contribution in [0.15, 0.2) is 78.1 Å². The van der Waals surface area contributed by atoms with Gasteiger partial charge in [0.25, 0.3) is 5.56 Å². The molecule has 0 fully saturated rings. The van der Waals surface area contributed by atoms with Gasteiger partial charge in [-0.15, -0.1) is 0 Å². The second-order valence-corrected chi connectivity index (χ2v) is 8.15. The molecule has 3 aromatic heterocycles. The number of pyridine rings is 1. The molecule has 5 aromatic rings. The monoisotopic (exact) mass is 507 g/mol. The highest BCUT2D eigenvalue weighted by atomic mass is 19.4. The summed E-state index contributed by atoms with van der Waals surface area (Å²) in [5.74, 6) is -1.31. The number of aromatic nitrogens is 5. The molecular weight excluding hydrogens is 483 g/mol. The molecule has 190 valence electrons. The average Bonchev–Trinajstić information content (AvgIpc) is 3.29. The van der Waals surface area contributed by atoms with Gasteiger partial charge >= 0.3 is 6.18 Å². The van der Waals surface area contributed by atoms with Crippen LogP contribution < -0.4 is 17.0 Å². The van der Waals surface area contributed by atoms with Gasteiger partial charge < -0.3 is 11.5 Å². The summed E-state index contributed by atoms with van der Waals surface area (Å²) in [6.07, 6.45) is 0.802. The number of hydrogen-bond acceptors (Lipinski definition) is 6. The fraction of sp³-hybridized carbons (Fsp3) is 0.154. The smallest absolute Gasteiger partial charge is 0.383 e. The number of para-hydroxylation sites is 1.